The molecule has 1 aliphatic rings. The van der Waals surface area contributed by atoms with Gasteiger partial charge in [0.05, 0.1) is 16.8 Å². The summed E-state index contributed by atoms with van der Waals surface area (Å²) in [7, 11) is 0. The minimum atomic E-state index is -0.375. The van der Waals surface area contributed by atoms with Gasteiger partial charge < -0.3 is 10.0 Å². The normalized spacial score (nSPS) is 17.9. The van der Waals surface area contributed by atoms with Crippen molar-refractivity contribution in [2.75, 3.05) is 13.1 Å². The zero-order valence-electron chi connectivity index (χ0n) is 16.1. The van der Waals surface area contributed by atoms with Crippen molar-refractivity contribution in [2.45, 2.75) is 18.9 Å². The monoisotopic (exact) mass is 427 g/mol. The fourth-order valence-electron chi connectivity index (χ4n) is 3.24. The van der Waals surface area contributed by atoms with Crippen LogP contribution in [0.5, 0.6) is 0 Å². The first-order valence-corrected chi connectivity index (χ1v) is 10.1. The molecule has 3 rings (SSSR count). The molecule has 0 saturated carbocycles. The quantitative estimate of drug-likeness (QED) is 0.497. The van der Waals surface area contributed by atoms with Crippen molar-refractivity contribution in [3.05, 3.63) is 95.0 Å². The molecule has 29 heavy (non-hydrogen) atoms. The highest BCUT2D eigenvalue weighted by Crippen LogP contribution is 2.27. The first-order valence-electron chi connectivity index (χ1n) is 9.39. The number of piperidine rings is 1. The molecule has 0 amide bonds. The summed E-state index contributed by atoms with van der Waals surface area (Å²) in [5.74, 6) is 0.705. The maximum atomic E-state index is 10.1. The number of β-amino-alcohol motifs (C(OH)–C–C–N with tert-alkyl or cyclic N) is 1. The Kier molecular flexibility index (Phi) is 7.26. The Balaban J connectivity index is 2.09. The first kappa shape index (κ1) is 21.3. The summed E-state index contributed by atoms with van der Waals surface area (Å²) in [5.41, 5.74) is 2.96. The topological polar surface area (TPSA) is 48.7 Å². The number of allylic oxidation sites excluding steroid dienone is 3. The van der Waals surface area contributed by atoms with Gasteiger partial charge in [0.2, 0.25) is 0 Å². The third kappa shape index (κ3) is 5.36. The third-order valence-electron chi connectivity index (χ3n) is 4.72. The molecule has 2 heterocycles. The standard InChI is InChI=1S/C23H23Cl2N3O/c1-3-5-22(28-13-4-6-19(29)15-28)27-23(20-11-12-26-14-21(20)25)16(2)17-7-9-18(24)10-8-17/h3,5,7-12,14,19,29H,1-2,4,6,13,15H2/b22-5+,27-23+. The molecule has 1 aliphatic heterocycles. The molecule has 0 radical (unpaired) electrons. The summed E-state index contributed by atoms with van der Waals surface area (Å²) in [6.45, 7) is 9.42. The molecule has 6 heteroatoms. The zero-order valence-corrected chi connectivity index (χ0v) is 17.6. The van der Waals surface area contributed by atoms with Gasteiger partial charge in [-0.15, -0.1) is 0 Å². The largest absolute Gasteiger partial charge is 0.391 e. The molecular formula is C23H23Cl2N3O. The SMILES string of the molecule is C=C/C=C(\N=C(/C(=C)c1ccc(Cl)cc1)c1ccncc1Cl)N1CCCC(O)C1. The lowest BCUT2D eigenvalue weighted by molar-refractivity contribution is 0.0874. The second-order valence-electron chi connectivity index (χ2n) is 6.80. The Labute approximate surface area is 181 Å². The highest BCUT2D eigenvalue weighted by molar-refractivity contribution is 6.40. The van der Waals surface area contributed by atoms with Gasteiger partial charge in [-0.1, -0.05) is 54.6 Å². The molecule has 0 bridgehead atoms. The number of rotatable bonds is 6. The van der Waals surface area contributed by atoms with E-state index in [4.69, 9.17) is 28.2 Å². The Bertz CT molecular complexity index is 951. The van der Waals surface area contributed by atoms with Crippen LogP contribution < -0.4 is 0 Å². The summed E-state index contributed by atoms with van der Waals surface area (Å²) in [5, 5.41) is 11.2. The van der Waals surface area contributed by atoms with E-state index in [0.717, 1.165) is 30.5 Å². The number of hydrogen-bond donors (Lipinski definition) is 1. The number of aliphatic hydroxyl groups excluding tert-OH is 1. The molecule has 1 unspecified atom stereocenters. The molecule has 1 aromatic carbocycles. The van der Waals surface area contributed by atoms with E-state index in [1.165, 1.54) is 0 Å². The number of benzene rings is 1. The summed E-state index contributed by atoms with van der Waals surface area (Å²) < 4.78 is 0. The summed E-state index contributed by atoms with van der Waals surface area (Å²) in [6.07, 6.45) is 8.10. The maximum Gasteiger partial charge on any atom is 0.129 e. The van der Waals surface area contributed by atoms with Crippen molar-refractivity contribution in [1.29, 1.82) is 0 Å². The molecule has 4 nitrogen and oxygen atoms in total. The molecule has 1 saturated heterocycles. The summed E-state index contributed by atoms with van der Waals surface area (Å²) in [6, 6.07) is 9.25. The van der Waals surface area contributed by atoms with E-state index in [1.807, 2.05) is 36.4 Å². The Hall–Kier alpha value is -2.40. The van der Waals surface area contributed by atoms with Gasteiger partial charge in [0, 0.05) is 41.6 Å². The van der Waals surface area contributed by atoms with Crippen LogP contribution in [0.2, 0.25) is 10.0 Å². The Morgan fingerprint density at radius 3 is 2.66 bits per heavy atom. The molecular weight excluding hydrogens is 405 g/mol. The fraction of sp³-hybridized carbons (Fsp3) is 0.217. The third-order valence-corrected chi connectivity index (χ3v) is 5.27. The Morgan fingerprint density at radius 1 is 1.24 bits per heavy atom. The van der Waals surface area contributed by atoms with E-state index < -0.39 is 0 Å². The molecule has 0 spiro atoms. The van der Waals surface area contributed by atoms with Crippen molar-refractivity contribution in [1.82, 2.24) is 9.88 Å². The molecule has 1 fully saturated rings. The van der Waals surface area contributed by atoms with E-state index in [9.17, 15) is 5.11 Å². The van der Waals surface area contributed by atoms with Gasteiger partial charge >= 0.3 is 0 Å². The second kappa shape index (κ2) is 9.88. The number of aliphatic imine (C=N–C) groups is 1. The molecule has 1 aromatic heterocycles. The van der Waals surface area contributed by atoms with Crippen LogP contribution in [-0.4, -0.2) is 39.9 Å². The van der Waals surface area contributed by atoms with Crippen molar-refractivity contribution in [3.63, 3.8) is 0 Å². The minimum Gasteiger partial charge on any atom is -0.391 e. The lowest BCUT2D eigenvalue weighted by atomic mass is 9.97. The van der Waals surface area contributed by atoms with E-state index in [-0.39, 0.29) is 6.10 Å². The Morgan fingerprint density at radius 2 is 2.00 bits per heavy atom. The maximum absolute atomic E-state index is 10.1. The number of halogens is 2. The lowest BCUT2D eigenvalue weighted by Crippen LogP contribution is -2.37. The van der Waals surface area contributed by atoms with Crippen LogP contribution in [0.15, 0.2) is 78.8 Å². The minimum absolute atomic E-state index is 0.375. The predicted molar refractivity (Wildman–Crippen MR) is 121 cm³/mol. The number of pyridine rings is 1. The van der Waals surface area contributed by atoms with Crippen LogP contribution in [0, 0.1) is 0 Å². The molecule has 0 aliphatic carbocycles. The van der Waals surface area contributed by atoms with Crippen LogP contribution in [0.4, 0.5) is 0 Å². The van der Waals surface area contributed by atoms with Gasteiger partial charge in [-0.2, -0.15) is 0 Å². The van der Waals surface area contributed by atoms with Crippen molar-refractivity contribution >= 4 is 34.5 Å². The van der Waals surface area contributed by atoms with E-state index in [0.29, 0.717) is 33.7 Å². The average Bonchev–Trinajstić information content (AvgIpc) is 2.72. The van der Waals surface area contributed by atoms with Crippen LogP contribution in [0.1, 0.15) is 24.0 Å². The van der Waals surface area contributed by atoms with Crippen LogP contribution in [0.25, 0.3) is 5.57 Å². The van der Waals surface area contributed by atoms with Crippen LogP contribution >= 0.6 is 23.2 Å². The molecule has 1 atom stereocenters. The molecule has 150 valence electrons. The number of likely N-dealkylation sites (tertiary alicyclic amines) is 1. The van der Waals surface area contributed by atoms with Gasteiger partial charge in [-0.25, -0.2) is 4.99 Å². The molecule has 1 N–H and O–H groups in total. The second-order valence-corrected chi connectivity index (χ2v) is 7.65. The van der Waals surface area contributed by atoms with E-state index in [1.54, 1.807) is 18.5 Å². The number of aliphatic hydroxyl groups is 1. The summed E-state index contributed by atoms with van der Waals surface area (Å²) >= 11 is 12.5. The predicted octanol–water partition coefficient (Wildman–Crippen LogP) is 5.38. The van der Waals surface area contributed by atoms with Crippen molar-refractivity contribution < 1.29 is 5.11 Å². The average molecular weight is 428 g/mol. The van der Waals surface area contributed by atoms with Gasteiger partial charge in [-0.05, 0) is 42.7 Å². The van der Waals surface area contributed by atoms with Crippen molar-refractivity contribution in [2.24, 2.45) is 4.99 Å². The highest BCUT2D eigenvalue weighted by Gasteiger charge is 2.21. The van der Waals surface area contributed by atoms with E-state index in [2.05, 4.69) is 23.0 Å². The lowest BCUT2D eigenvalue weighted by Gasteiger charge is -2.32. The number of hydrogen-bond acceptors (Lipinski definition) is 4. The van der Waals surface area contributed by atoms with Gasteiger partial charge in [-0.3, -0.25) is 4.98 Å². The number of aromatic nitrogens is 1. The van der Waals surface area contributed by atoms with E-state index >= 15 is 0 Å². The van der Waals surface area contributed by atoms with Gasteiger partial charge in [0.25, 0.3) is 0 Å². The molecule has 2 aromatic rings. The van der Waals surface area contributed by atoms with Gasteiger partial charge in [0.15, 0.2) is 0 Å². The number of nitrogens with zero attached hydrogens (tertiary/aromatic N) is 3. The van der Waals surface area contributed by atoms with Crippen LogP contribution in [0.3, 0.4) is 0 Å². The summed E-state index contributed by atoms with van der Waals surface area (Å²) in [4.78, 5) is 11.1. The smallest absolute Gasteiger partial charge is 0.129 e. The van der Waals surface area contributed by atoms with Crippen molar-refractivity contribution in [3.8, 4) is 0 Å². The first-order chi connectivity index (χ1) is 14.0. The fourth-order valence-corrected chi connectivity index (χ4v) is 3.58. The van der Waals surface area contributed by atoms with Gasteiger partial charge in [0.1, 0.15) is 5.82 Å². The highest BCUT2D eigenvalue weighted by atomic mass is 35.5. The van der Waals surface area contributed by atoms with Crippen LogP contribution in [-0.2, 0) is 0 Å². The zero-order chi connectivity index (χ0) is 20.8.